The number of nitrogens with one attached hydrogen (secondary N) is 1. The first kappa shape index (κ1) is 14.4. The predicted molar refractivity (Wildman–Crippen MR) is 75.7 cm³/mol. The number of hydrogen-bond donors (Lipinski definition) is 2. The molecule has 0 saturated heterocycles. The molecule has 0 spiro atoms. The molecular weight excluding hydrogens is 302 g/mol. The molecular formula is C12H16BrNO2S. The number of phenols is 1. The molecule has 0 heterocycles. The van der Waals surface area contributed by atoms with Crippen LogP contribution in [0.1, 0.15) is 23.7 Å². The van der Waals surface area contributed by atoms with Gasteiger partial charge in [0.15, 0.2) is 0 Å². The van der Waals surface area contributed by atoms with Gasteiger partial charge < -0.3 is 10.4 Å². The van der Waals surface area contributed by atoms with Gasteiger partial charge in [-0.05, 0) is 59.5 Å². The summed E-state index contributed by atoms with van der Waals surface area (Å²) >= 11 is 4.94. The van der Waals surface area contributed by atoms with Gasteiger partial charge in [0, 0.05) is 11.6 Å². The van der Waals surface area contributed by atoms with E-state index in [9.17, 15) is 9.90 Å². The van der Waals surface area contributed by atoms with Gasteiger partial charge in [0.1, 0.15) is 5.75 Å². The van der Waals surface area contributed by atoms with E-state index in [0.29, 0.717) is 10.0 Å². The van der Waals surface area contributed by atoms with Gasteiger partial charge in [-0.15, -0.1) is 0 Å². The van der Waals surface area contributed by atoms with Gasteiger partial charge >= 0.3 is 0 Å². The van der Waals surface area contributed by atoms with Crippen LogP contribution < -0.4 is 5.32 Å². The number of carbonyl (C=O) groups is 1. The van der Waals surface area contributed by atoms with Crippen LogP contribution >= 0.6 is 27.7 Å². The summed E-state index contributed by atoms with van der Waals surface area (Å²) in [5, 5.41) is 12.4. The van der Waals surface area contributed by atoms with Crippen molar-refractivity contribution in [3.8, 4) is 5.75 Å². The molecule has 0 aromatic heterocycles. The summed E-state index contributed by atoms with van der Waals surface area (Å²) in [6.45, 7) is 1.98. The fourth-order valence-electron chi connectivity index (χ4n) is 1.33. The Bertz CT molecular complexity index is 398. The van der Waals surface area contributed by atoms with Crippen molar-refractivity contribution in [2.75, 3.05) is 12.0 Å². The summed E-state index contributed by atoms with van der Waals surface area (Å²) in [5.41, 5.74) is 0.474. The van der Waals surface area contributed by atoms with E-state index in [-0.39, 0.29) is 17.7 Å². The first-order valence-corrected chi connectivity index (χ1v) is 7.51. The summed E-state index contributed by atoms with van der Waals surface area (Å²) in [6, 6.07) is 4.94. The van der Waals surface area contributed by atoms with Gasteiger partial charge in [0.25, 0.3) is 5.91 Å². The van der Waals surface area contributed by atoms with Crippen LogP contribution in [-0.4, -0.2) is 29.1 Å². The number of rotatable bonds is 5. The van der Waals surface area contributed by atoms with Gasteiger partial charge in [0.2, 0.25) is 0 Å². The van der Waals surface area contributed by atoms with Crippen LogP contribution in [0.3, 0.4) is 0 Å². The number of benzene rings is 1. The molecule has 0 aliphatic rings. The number of thioether (sulfide) groups is 1. The summed E-state index contributed by atoms with van der Waals surface area (Å²) in [4.78, 5) is 11.8. The van der Waals surface area contributed by atoms with E-state index in [1.807, 2.05) is 13.2 Å². The van der Waals surface area contributed by atoms with Crippen molar-refractivity contribution in [3.05, 3.63) is 28.2 Å². The van der Waals surface area contributed by atoms with E-state index in [2.05, 4.69) is 21.2 Å². The Morgan fingerprint density at radius 1 is 1.59 bits per heavy atom. The largest absolute Gasteiger partial charge is 0.507 e. The van der Waals surface area contributed by atoms with E-state index < -0.39 is 0 Å². The highest BCUT2D eigenvalue weighted by Crippen LogP contribution is 2.24. The van der Waals surface area contributed by atoms with Crippen molar-refractivity contribution in [1.82, 2.24) is 5.32 Å². The third kappa shape index (κ3) is 4.60. The van der Waals surface area contributed by atoms with Crippen LogP contribution in [-0.2, 0) is 0 Å². The first-order chi connectivity index (χ1) is 8.04. The molecule has 1 unspecified atom stereocenters. The molecule has 0 radical (unpaired) electrons. The molecule has 1 aromatic carbocycles. The third-order valence-corrected chi connectivity index (χ3v) is 3.66. The predicted octanol–water partition coefficient (Wildman–Crippen LogP) is 3.03. The average Bonchev–Trinajstić information content (AvgIpc) is 2.30. The smallest absolute Gasteiger partial charge is 0.251 e. The van der Waals surface area contributed by atoms with Gasteiger partial charge in [-0.1, -0.05) is 0 Å². The zero-order chi connectivity index (χ0) is 12.8. The Hall–Kier alpha value is -0.680. The van der Waals surface area contributed by atoms with Gasteiger partial charge in [-0.2, -0.15) is 11.8 Å². The fraction of sp³-hybridized carbons (Fsp3) is 0.417. The molecule has 3 nitrogen and oxygen atoms in total. The maximum atomic E-state index is 11.8. The highest BCUT2D eigenvalue weighted by Gasteiger charge is 2.11. The van der Waals surface area contributed by atoms with E-state index in [1.54, 1.807) is 23.9 Å². The molecule has 5 heteroatoms. The minimum Gasteiger partial charge on any atom is -0.507 e. The van der Waals surface area contributed by atoms with Crippen molar-refractivity contribution in [1.29, 1.82) is 0 Å². The molecule has 0 fully saturated rings. The summed E-state index contributed by atoms with van der Waals surface area (Å²) in [5.74, 6) is 0.948. The lowest BCUT2D eigenvalue weighted by Gasteiger charge is -2.13. The zero-order valence-electron chi connectivity index (χ0n) is 9.87. The van der Waals surface area contributed by atoms with E-state index in [0.717, 1.165) is 12.2 Å². The lowest BCUT2D eigenvalue weighted by molar-refractivity contribution is 0.0939. The van der Waals surface area contributed by atoms with Crippen LogP contribution in [0.25, 0.3) is 0 Å². The van der Waals surface area contributed by atoms with Crippen molar-refractivity contribution >= 4 is 33.6 Å². The van der Waals surface area contributed by atoms with Gasteiger partial charge in [-0.3, -0.25) is 4.79 Å². The van der Waals surface area contributed by atoms with Crippen molar-refractivity contribution in [2.45, 2.75) is 19.4 Å². The molecule has 94 valence electrons. The standard InChI is InChI=1S/C12H16BrNO2S/c1-8(5-6-17-2)14-12(16)9-3-4-10(13)11(15)7-9/h3-4,7-8,15H,5-6H2,1-2H3,(H,14,16). The fourth-order valence-corrected chi connectivity index (χ4v) is 2.16. The maximum Gasteiger partial charge on any atom is 0.251 e. The molecule has 1 amide bonds. The Balaban J connectivity index is 2.60. The molecule has 2 N–H and O–H groups in total. The second kappa shape index (κ2) is 6.91. The topological polar surface area (TPSA) is 49.3 Å². The molecule has 0 aliphatic carbocycles. The van der Waals surface area contributed by atoms with E-state index >= 15 is 0 Å². The van der Waals surface area contributed by atoms with Crippen LogP contribution in [0.15, 0.2) is 22.7 Å². The number of aromatic hydroxyl groups is 1. The second-order valence-corrected chi connectivity index (χ2v) is 5.66. The molecule has 17 heavy (non-hydrogen) atoms. The normalized spacial score (nSPS) is 12.2. The monoisotopic (exact) mass is 317 g/mol. The number of phenolic OH excluding ortho intramolecular Hbond substituents is 1. The quantitative estimate of drug-likeness (QED) is 0.877. The van der Waals surface area contributed by atoms with Crippen LogP contribution in [0, 0.1) is 0 Å². The SMILES string of the molecule is CSCCC(C)NC(=O)c1ccc(Br)c(O)c1. The summed E-state index contributed by atoms with van der Waals surface area (Å²) in [7, 11) is 0. The molecule has 0 saturated carbocycles. The lowest BCUT2D eigenvalue weighted by atomic mass is 10.2. The number of hydrogen-bond acceptors (Lipinski definition) is 3. The van der Waals surface area contributed by atoms with Crippen molar-refractivity contribution in [2.24, 2.45) is 0 Å². The minimum absolute atomic E-state index is 0.0782. The van der Waals surface area contributed by atoms with Gasteiger partial charge in [0.05, 0.1) is 4.47 Å². The number of amides is 1. The molecule has 1 rings (SSSR count). The second-order valence-electron chi connectivity index (χ2n) is 3.82. The molecule has 0 bridgehead atoms. The Morgan fingerprint density at radius 3 is 2.88 bits per heavy atom. The third-order valence-electron chi connectivity index (χ3n) is 2.34. The summed E-state index contributed by atoms with van der Waals surface area (Å²) < 4.78 is 0.587. The minimum atomic E-state index is -0.151. The molecule has 1 atom stereocenters. The Kier molecular flexibility index (Phi) is 5.85. The van der Waals surface area contributed by atoms with Crippen molar-refractivity contribution < 1.29 is 9.90 Å². The van der Waals surface area contributed by atoms with Crippen LogP contribution in [0.5, 0.6) is 5.75 Å². The zero-order valence-corrected chi connectivity index (χ0v) is 12.3. The molecule has 1 aromatic rings. The van der Waals surface area contributed by atoms with Gasteiger partial charge in [-0.25, -0.2) is 0 Å². The molecule has 0 aliphatic heterocycles. The lowest BCUT2D eigenvalue weighted by Crippen LogP contribution is -2.32. The Labute approximate surface area is 114 Å². The average molecular weight is 318 g/mol. The van der Waals surface area contributed by atoms with Crippen LogP contribution in [0.4, 0.5) is 0 Å². The highest BCUT2D eigenvalue weighted by atomic mass is 79.9. The van der Waals surface area contributed by atoms with Crippen LogP contribution in [0.2, 0.25) is 0 Å². The number of halogens is 1. The van der Waals surface area contributed by atoms with Crippen molar-refractivity contribution in [3.63, 3.8) is 0 Å². The highest BCUT2D eigenvalue weighted by molar-refractivity contribution is 9.10. The Morgan fingerprint density at radius 2 is 2.29 bits per heavy atom. The van der Waals surface area contributed by atoms with E-state index in [1.165, 1.54) is 6.07 Å². The maximum absolute atomic E-state index is 11.8. The van der Waals surface area contributed by atoms with E-state index in [4.69, 9.17) is 0 Å². The number of carbonyl (C=O) groups excluding carboxylic acids is 1. The summed E-state index contributed by atoms with van der Waals surface area (Å²) in [6.07, 6.45) is 2.98. The first-order valence-electron chi connectivity index (χ1n) is 5.33.